The summed E-state index contributed by atoms with van der Waals surface area (Å²) in [6.07, 6.45) is 0.874. The minimum Gasteiger partial charge on any atom is -0.481 e. The Morgan fingerprint density at radius 1 is 1.39 bits per heavy atom. The Morgan fingerprint density at radius 3 is 2.61 bits per heavy atom. The van der Waals surface area contributed by atoms with Gasteiger partial charge in [-0.2, -0.15) is 0 Å². The van der Waals surface area contributed by atoms with E-state index in [-0.39, 0.29) is 12.3 Å². The summed E-state index contributed by atoms with van der Waals surface area (Å²) in [6.45, 7) is 2.54. The molecule has 1 atom stereocenters. The third kappa shape index (κ3) is 2.53. The number of carbonyl (C=O) groups excluding carboxylic acids is 1. The summed E-state index contributed by atoms with van der Waals surface area (Å²) in [5.74, 6) is -0.950. The molecular weight excluding hydrogens is 230 g/mol. The van der Waals surface area contributed by atoms with Gasteiger partial charge in [0.05, 0.1) is 5.41 Å². The van der Waals surface area contributed by atoms with Gasteiger partial charge in [0.15, 0.2) is 0 Å². The molecular formula is C14H17NO3. The van der Waals surface area contributed by atoms with E-state index in [9.17, 15) is 9.59 Å². The minimum absolute atomic E-state index is 0.0594. The number of carbonyl (C=O) groups is 2. The molecule has 1 fully saturated rings. The largest absolute Gasteiger partial charge is 0.481 e. The van der Waals surface area contributed by atoms with Crippen LogP contribution in [0.3, 0.4) is 0 Å². The highest BCUT2D eigenvalue weighted by molar-refractivity contribution is 5.88. The van der Waals surface area contributed by atoms with Crippen molar-refractivity contribution in [1.82, 2.24) is 4.90 Å². The molecule has 0 spiro atoms. The van der Waals surface area contributed by atoms with Crippen molar-refractivity contribution in [2.75, 3.05) is 13.1 Å². The van der Waals surface area contributed by atoms with Crippen LogP contribution in [-0.4, -0.2) is 35.0 Å². The highest BCUT2D eigenvalue weighted by Gasteiger charge is 2.44. The molecule has 18 heavy (non-hydrogen) atoms. The third-order valence-electron chi connectivity index (χ3n) is 3.46. The van der Waals surface area contributed by atoms with Crippen molar-refractivity contribution in [3.8, 4) is 0 Å². The van der Waals surface area contributed by atoms with Gasteiger partial charge >= 0.3 is 5.97 Å². The minimum atomic E-state index is -0.923. The predicted molar refractivity (Wildman–Crippen MR) is 67.1 cm³/mol. The van der Waals surface area contributed by atoms with Crippen molar-refractivity contribution in [1.29, 1.82) is 0 Å². The number of benzene rings is 1. The van der Waals surface area contributed by atoms with Crippen molar-refractivity contribution >= 4 is 11.9 Å². The Bertz CT molecular complexity index is 457. The molecule has 0 aliphatic carbocycles. The van der Waals surface area contributed by atoms with Gasteiger partial charge in [0.2, 0.25) is 5.91 Å². The van der Waals surface area contributed by atoms with E-state index in [0.717, 1.165) is 12.0 Å². The molecule has 1 saturated heterocycles. The van der Waals surface area contributed by atoms with E-state index >= 15 is 0 Å². The SMILES string of the molecule is C[C@]1(C(=O)O)CC(=O)N(CCc2ccccc2)C1. The number of hydrogen-bond acceptors (Lipinski definition) is 2. The molecule has 4 nitrogen and oxygen atoms in total. The van der Waals surface area contributed by atoms with E-state index in [1.165, 1.54) is 0 Å². The first-order chi connectivity index (χ1) is 8.51. The third-order valence-corrected chi connectivity index (χ3v) is 3.46. The van der Waals surface area contributed by atoms with Crippen LogP contribution in [0.2, 0.25) is 0 Å². The van der Waals surface area contributed by atoms with Crippen LogP contribution in [-0.2, 0) is 16.0 Å². The molecule has 1 aromatic rings. The van der Waals surface area contributed by atoms with Crippen LogP contribution in [0.4, 0.5) is 0 Å². The maximum absolute atomic E-state index is 11.8. The Balaban J connectivity index is 1.95. The molecule has 0 bridgehead atoms. The van der Waals surface area contributed by atoms with Gasteiger partial charge in [0.25, 0.3) is 0 Å². The van der Waals surface area contributed by atoms with Crippen molar-refractivity contribution in [3.63, 3.8) is 0 Å². The average molecular weight is 247 g/mol. The fraction of sp³-hybridized carbons (Fsp3) is 0.429. The second kappa shape index (κ2) is 4.80. The zero-order chi connectivity index (χ0) is 13.2. The Hall–Kier alpha value is -1.84. The monoisotopic (exact) mass is 247 g/mol. The number of nitrogens with zero attached hydrogens (tertiary/aromatic N) is 1. The van der Waals surface area contributed by atoms with E-state index in [4.69, 9.17) is 5.11 Å². The zero-order valence-electron chi connectivity index (χ0n) is 10.4. The summed E-state index contributed by atoms with van der Waals surface area (Å²) in [7, 11) is 0. The van der Waals surface area contributed by atoms with Gasteiger partial charge in [-0.15, -0.1) is 0 Å². The maximum Gasteiger partial charge on any atom is 0.311 e. The molecule has 0 unspecified atom stereocenters. The number of likely N-dealkylation sites (tertiary alicyclic amines) is 1. The molecule has 1 aromatic carbocycles. The van der Waals surface area contributed by atoms with Gasteiger partial charge in [0, 0.05) is 19.5 Å². The molecule has 96 valence electrons. The van der Waals surface area contributed by atoms with Crippen molar-refractivity contribution in [2.45, 2.75) is 19.8 Å². The maximum atomic E-state index is 11.8. The molecule has 1 aliphatic heterocycles. The van der Waals surface area contributed by atoms with E-state index in [0.29, 0.717) is 13.1 Å². The summed E-state index contributed by atoms with van der Waals surface area (Å²) >= 11 is 0. The summed E-state index contributed by atoms with van der Waals surface area (Å²) in [5.41, 5.74) is 0.238. The molecule has 0 radical (unpaired) electrons. The lowest BCUT2D eigenvalue weighted by atomic mass is 9.90. The summed E-state index contributed by atoms with van der Waals surface area (Å²) in [6, 6.07) is 9.89. The Labute approximate surface area is 106 Å². The lowest BCUT2D eigenvalue weighted by Gasteiger charge is -2.19. The van der Waals surface area contributed by atoms with Crippen LogP contribution in [0.5, 0.6) is 0 Å². The molecule has 1 heterocycles. The number of carboxylic acid groups (broad SMARTS) is 1. The van der Waals surface area contributed by atoms with E-state index in [1.54, 1.807) is 11.8 Å². The molecule has 2 rings (SSSR count). The van der Waals surface area contributed by atoms with E-state index in [2.05, 4.69) is 0 Å². The standard InChI is InChI=1S/C14H17NO3/c1-14(13(17)18)9-12(16)15(10-14)8-7-11-5-3-2-4-6-11/h2-6H,7-10H2,1H3,(H,17,18)/t14-/m0/s1. The van der Waals surface area contributed by atoms with Gasteiger partial charge in [-0.1, -0.05) is 30.3 Å². The molecule has 1 N–H and O–H groups in total. The van der Waals surface area contributed by atoms with Crippen molar-refractivity contribution in [3.05, 3.63) is 35.9 Å². The molecule has 0 saturated carbocycles. The molecule has 4 heteroatoms. The summed E-state index contributed by atoms with van der Waals surface area (Å²) in [4.78, 5) is 24.5. The van der Waals surface area contributed by atoms with Gasteiger partial charge in [-0.25, -0.2) is 0 Å². The number of aliphatic carboxylic acids is 1. The highest BCUT2D eigenvalue weighted by atomic mass is 16.4. The summed E-state index contributed by atoms with van der Waals surface area (Å²) < 4.78 is 0. The zero-order valence-corrected chi connectivity index (χ0v) is 10.4. The fourth-order valence-corrected chi connectivity index (χ4v) is 2.27. The highest BCUT2D eigenvalue weighted by Crippen LogP contribution is 2.31. The number of hydrogen-bond donors (Lipinski definition) is 1. The number of rotatable bonds is 4. The van der Waals surface area contributed by atoms with E-state index in [1.807, 2.05) is 30.3 Å². The molecule has 1 amide bonds. The van der Waals surface area contributed by atoms with Gasteiger partial charge in [0.1, 0.15) is 0 Å². The van der Waals surface area contributed by atoms with Crippen molar-refractivity contribution < 1.29 is 14.7 Å². The second-order valence-corrected chi connectivity index (χ2v) is 5.09. The number of amides is 1. The van der Waals surface area contributed by atoms with Crippen LogP contribution in [0.15, 0.2) is 30.3 Å². The van der Waals surface area contributed by atoms with E-state index < -0.39 is 11.4 Å². The fourth-order valence-electron chi connectivity index (χ4n) is 2.27. The average Bonchev–Trinajstić information content (AvgIpc) is 2.64. The van der Waals surface area contributed by atoms with Crippen LogP contribution in [0.1, 0.15) is 18.9 Å². The second-order valence-electron chi connectivity index (χ2n) is 5.09. The lowest BCUT2D eigenvalue weighted by molar-refractivity contribution is -0.147. The first-order valence-corrected chi connectivity index (χ1v) is 6.06. The first kappa shape index (κ1) is 12.6. The van der Waals surface area contributed by atoms with Gasteiger partial charge < -0.3 is 10.0 Å². The van der Waals surface area contributed by atoms with Crippen molar-refractivity contribution in [2.24, 2.45) is 5.41 Å². The predicted octanol–water partition coefficient (Wildman–Crippen LogP) is 1.55. The van der Waals surface area contributed by atoms with Crippen LogP contribution >= 0.6 is 0 Å². The first-order valence-electron chi connectivity index (χ1n) is 6.06. The summed E-state index contributed by atoms with van der Waals surface area (Å²) in [5, 5.41) is 9.11. The smallest absolute Gasteiger partial charge is 0.311 e. The lowest BCUT2D eigenvalue weighted by Crippen LogP contribution is -2.33. The van der Waals surface area contributed by atoms with Crippen LogP contribution in [0, 0.1) is 5.41 Å². The molecule has 0 aromatic heterocycles. The number of carboxylic acids is 1. The van der Waals surface area contributed by atoms with Crippen LogP contribution < -0.4 is 0 Å². The van der Waals surface area contributed by atoms with Gasteiger partial charge in [-0.3, -0.25) is 9.59 Å². The molecule has 1 aliphatic rings. The quantitative estimate of drug-likeness (QED) is 0.878. The van der Waals surface area contributed by atoms with Gasteiger partial charge in [-0.05, 0) is 18.9 Å². The van der Waals surface area contributed by atoms with Crippen LogP contribution in [0.25, 0.3) is 0 Å². The Kier molecular flexibility index (Phi) is 3.36. The normalized spacial score (nSPS) is 23.4. The Morgan fingerprint density at radius 2 is 2.06 bits per heavy atom. The topological polar surface area (TPSA) is 57.6 Å².